The highest BCUT2D eigenvalue weighted by molar-refractivity contribution is 9.10. The van der Waals surface area contributed by atoms with Gasteiger partial charge in [-0.05, 0) is 46.3 Å². The molecule has 3 rings (SSSR count). The van der Waals surface area contributed by atoms with Gasteiger partial charge in [0.2, 0.25) is 5.91 Å². The Labute approximate surface area is 182 Å². The normalized spacial score (nSPS) is 11.4. The molecule has 0 saturated heterocycles. The van der Waals surface area contributed by atoms with Crippen LogP contribution in [0.25, 0.3) is 0 Å². The predicted molar refractivity (Wildman–Crippen MR) is 108 cm³/mol. The number of thioether (sulfide) groups is 1. The molecule has 0 unspecified atom stereocenters. The molecule has 1 aromatic carbocycles. The number of carbonyl (C=O) groups is 1. The SMILES string of the molecule is Cn1c(COc2cccc(C(F)(F)F)c2)nnc1SCC(=O)Nc1ccc(Br)cn1. The summed E-state index contributed by atoms with van der Waals surface area (Å²) in [5, 5.41) is 11.1. The van der Waals surface area contributed by atoms with E-state index in [9.17, 15) is 18.0 Å². The van der Waals surface area contributed by atoms with Crippen molar-refractivity contribution in [1.29, 1.82) is 0 Å². The molecule has 2 heterocycles. The fraction of sp³-hybridized carbons (Fsp3) is 0.222. The van der Waals surface area contributed by atoms with E-state index < -0.39 is 11.7 Å². The van der Waals surface area contributed by atoms with Crippen LogP contribution in [0.2, 0.25) is 0 Å². The van der Waals surface area contributed by atoms with Crippen LogP contribution in [-0.4, -0.2) is 31.4 Å². The Morgan fingerprint density at radius 1 is 1.27 bits per heavy atom. The van der Waals surface area contributed by atoms with Crippen LogP contribution in [0.5, 0.6) is 5.75 Å². The van der Waals surface area contributed by atoms with Crippen molar-refractivity contribution in [2.45, 2.75) is 17.9 Å². The second kappa shape index (κ2) is 9.47. The van der Waals surface area contributed by atoms with E-state index in [-0.39, 0.29) is 24.0 Å². The van der Waals surface area contributed by atoms with Crippen molar-refractivity contribution in [2.75, 3.05) is 11.1 Å². The van der Waals surface area contributed by atoms with E-state index in [4.69, 9.17) is 4.74 Å². The zero-order chi connectivity index (χ0) is 21.7. The maximum absolute atomic E-state index is 12.8. The summed E-state index contributed by atoms with van der Waals surface area (Å²) in [7, 11) is 1.68. The van der Waals surface area contributed by atoms with Crippen molar-refractivity contribution in [3.63, 3.8) is 0 Å². The molecule has 0 aliphatic carbocycles. The lowest BCUT2D eigenvalue weighted by Crippen LogP contribution is -2.15. The molecule has 12 heteroatoms. The number of carbonyl (C=O) groups excluding carboxylic acids is 1. The third kappa shape index (κ3) is 5.95. The van der Waals surface area contributed by atoms with Gasteiger partial charge in [0.15, 0.2) is 11.0 Å². The van der Waals surface area contributed by atoms with Gasteiger partial charge in [-0.3, -0.25) is 4.79 Å². The summed E-state index contributed by atoms with van der Waals surface area (Å²) in [4.78, 5) is 16.1. The number of amides is 1. The molecule has 0 spiro atoms. The van der Waals surface area contributed by atoms with E-state index in [1.807, 2.05) is 0 Å². The molecule has 1 N–H and O–H groups in total. The molecule has 3 aromatic rings. The van der Waals surface area contributed by atoms with Crippen molar-refractivity contribution >= 4 is 39.4 Å². The lowest BCUT2D eigenvalue weighted by Gasteiger charge is -2.10. The van der Waals surface area contributed by atoms with Crippen LogP contribution in [0.15, 0.2) is 52.2 Å². The topological polar surface area (TPSA) is 81.9 Å². The standard InChI is InChI=1S/C18H15BrF3N5O2S/c1-27-15(9-29-13-4-2-3-11(7-13)18(20,21)22)25-26-17(27)30-10-16(28)24-14-6-5-12(19)8-23-14/h2-8H,9-10H2,1H3,(H,23,24,28). The summed E-state index contributed by atoms with van der Waals surface area (Å²) in [5.74, 6) is 0.725. The lowest BCUT2D eigenvalue weighted by atomic mass is 10.2. The number of aromatic nitrogens is 4. The van der Waals surface area contributed by atoms with Crippen LogP contribution in [0.1, 0.15) is 11.4 Å². The molecule has 2 aromatic heterocycles. The van der Waals surface area contributed by atoms with E-state index in [0.29, 0.717) is 16.8 Å². The monoisotopic (exact) mass is 501 g/mol. The summed E-state index contributed by atoms with van der Waals surface area (Å²) >= 11 is 4.43. The van der Waals surface area contributed by atoms with Crippen molar-refractivity contribution in [3.05, 3.63) is 58.5 Å². The van der Waals surface area contributed by atoms with Gasteiger partial charge >= 0.3 is 6.18 Å². The zero-order valence-corrected chi connectivity index (χ0v) is 17.9. The second-order valence-corrected chi connectivity index (χ2v) is 7.83. The molecular weight excluding hydrogens is 487 g/mol. The van der Waals surface area contributed by atoms with Gasteiger partial charge in [-0.1, -0.05) is 17.8 Å². The smallest absolute Gasteiger partial charge is 0.416 e. The number of pyridine rings is 1. The van der Waals surface area contributed by atoms with Crippen molar-refractivity contribution in [1.82, 2.24) is 19.7 Å². The van der Waals surface area contributed by atoms with E-state index >= 15 is 0 Å². The maximum atomic E-state index is 12.8. The van der Waals surface area contributed by atoms with Gasteiger partial charge in [0.25, 0.3) is 0 Å². The molecule has 0 aliphatic heterocycles. The van der Waals surface area contributed by atoms with E-state index in [0.717, 1.165) is 28.4 Å². The minimum atomic E-state index is -4.44. The average Bonchev–Trinajstić information content (AvgIpc) is 3.06. The quantitative estimate of drug-likeness (QED) is 0.486. The first-order valence-corrected chi connectivity index (χ1v) is 10.2. The van der Waals surface area contributed by atoms with Crippen LogP contribution < -0.4 is 10.1 Å². The summed E-state index contributed by atoms with van der Waals surface area (Å²) in [6.45, 7) is -0.0691. The number of anilines is 1. The first-order valence-electron chi connectivity index (χ1n) is 8.45. The Hall–Kier alpha value is -2.60. The first-order chi connectivity index (χ1) is 14.2. The average molecular weight is 502 g/mol. The number of alkyl halides is 3. The number of benzene rings is 1. The number of halogens is 4. The summed E-state index contributed by atoms with van der Waals surface area (Å²) in [6.07, 6.45) is -2.87. The Kier molecular flexibility index (Phi) is 6.98. The maximum Gasteiger partial charge on any atom is 0.416 e. The molecule has 0 fully saturated rings. The number of nitrogens with zero attached hydrogens (tertiary/aromatic N) is 4. The highest BCUT2D eigenvalue weighted by Gasteiger charge is 2.30. The molecule has 0 bridgehead atoms. The van der Waals surface area contributed by atoms with Crippen molar-refractivity contribution < 1.29 is 22.7 Å². The molecule has 30 heavy (non-hydrogen) atoms. The molecule has 0 aliphatic rings. The highest BCUT2D eigenvalue weighted by Crippen LogP contribution is 2.31. The van der Waals surface area contributed by atoms with E-state index in [2.05, 4.69) is 36.4 Å². The molecule has 7 nitrogen and oxygen atoms in total. The fourth-order valence-corrected chi connectivity index (χ4v) is 3.23. The largest absolute Gasteiger partial charge is 0.486 e. The Bertz CT molecular complexity index is 1030. The third-order valence-corrected chi connectivity index (χ3v) is 5.27. The number of ether oxygens (including phenoxy) is 1. The molecule has 0 atom stereocenters. The van der Waals surface area contributed by atoms with Gasteiger partial charge in [-0.15, -0.1) is 10.2 Å². The molecular formula is C18H15BrF3N5O2S. The number of hydrogen-bond donors (Lipinski definition) is 1. The van der Waals surface area contributed by atoms with Gasteiger partial charge in [0, 0.05) is 17.7 Å². The minimum Gasteiger partial charge on any atom is -0.486 e. The zero-order valence-electron chi connectivity index (χ0n) is 15.5. The third-order valence-electron chi connectivity index (χ3n) is 3.78. The van der Waals surface area contributed by atoms with Gasteiger partial charge in [-0.2, -0.15) is 13.2 Å². The van der Waals surface area contributed by atoms with Gasteiger partial charge in [-0.25, -0.2) is 4.98 Å². The summed E-state index contributed by atoms with van der Waals surface area (Å²) < 4.78 is 46.2. The first kappa shape index (κ1) is 22.1. The second-order valence-electron chi connectivity index (χ2n) is 5.97. The van der Waals surface area contributed by atoms with E-state index in [1.165, 1.54) is 12.1 Å². The van der Waals surface area contributed by atoms with Crippen LogP contribution in [0.4, 0.5) is 19.0 Å². The van der Waals surface area contributed by atoms with Crippen LogP contribution in [0.3, 0.4) is 0 Å². The van der Waals surface area contributed by atoms with Crippen molar-refractivity contribution in [3.8, 4) is 5.75 Å². The molecule has 158 valence electrons. The van der Waals surface area contributed by atoms with E-state index in [1.54, 1.807) is 29.9 Å². The Balaban J connectivity index is 1.54. The number of rotatable bonds is 7. The van der Waals surface area contributed by atoms with Crippen LogP contribution >= 0.6 is 27.7 Å². The lowest BCUT2D eigenvalue weighted by molar-refractivity contribution is -0.137. The van der Waals surface area contributed by atoms with Crippen molar-refractivity contribution in [2.24, 2.45) is 7.05 Å². The molecule has 0 radical (unpaired) electrons. The Morgan fingerprint density at radius 3 is 2.77 bits per heavy atom. The molecule has 1 amide bonds. The summed E-state index contributed by atoms with van der Waals surface area (Å²) in [6, 6.07) is 8.02. The fourth-order valence-electron chi connectivity index (χ4n) is 2.27. The molecule has 0 saturated carbocycles. The number of hydrogen-bond acceptors (Lipinski definition) is 6. The number of nitrogens with one attached hydrogen (secondary N) is 1. The minimum absolute atomic E-state index is 0.0691. The van der Waals surface area contributed by atoms with Crippen LogP contribution in [0, 0.1) is 0 Å². The van der Waals surface area contributed by atoms with Gasteiger partial charge in [0.1, 0.15) is 18.2 Å². The predicted octanol–water partition coefficient (Wildman–Crippen LogP) is 4.30. The summed E-state index contributed by atoms with van der Waals surface area (Å²) in [5.41, 5.74) is -0.791. The van der Waals surface area contributed by atoms with Crippen LogP contribution in [-0.2, 0) is 24.6 Å². The Morgan fingerprint density at radius 2 is 2.07 bits per heavy atom. The highest BCUT2D eigenvalue weighted by atomic mass is 79.9. The van der Waals surface area contributed by atoms with Gasteiger partial charge < -0.3 is 14.6 Å². The van der Waals surface area contributed by atoms with Gasteiger partial charge in [0.05, 0.1) is 11.3 Å².